The summed E-state index contributed by atoms with van der Waals surface area (Å²) in [6, 6.07) is 4.41. The Labute approximate surface area is 120 Å². The van der Waals surface area contributed by atoms with E-state index in [1.807, 2.05) is 12.3 Å². The second-order valence-electron chi connectivity index (χ2n) is 4.74. The average Bonchev–Trinajstić information content (AvgIpc) is 2.82. The molecule has 2 N–H and O–H groups in total. The molecule has 1 aliphatic rings. The third-order valence-corrected chi connectivity index (χ3v) is 3.36. The molecule has 1 atom stereocenters. The zero-order valence-electron chi connectivity index (χ0n) is 10.4. The van der Waals surface area contributed by atoms with E-state index in [-0.39, 0.29) is 30.9 Å². The average molecular weight is 288 g/mol. The molecule has 0 fully saturated rings. The van der Waals surface area contributed by atoms with Crippen LogP contribution in [0.5, 0.6) is 0 Å². The Hall–Kier alpha value is -0.770. The summed E-state index contributed by atoms with van der Waals surface area (Å²) < 4.78 is 2.37. The van der Waals surface area contributed by atoms with Gasteiger partial charge < -0.3 is 10.3 Å². The van der Waals surface area contributed by atoms with Crippen molar-refractivity contribution in [1.29, 1.82) is 0 Å². The van der Waals surface area contributed by atoms with E-state index in [0.717, 1.165) is 18.6 Å². The van der Waals surface area contributed by atoms with Crippen LogP contribution >= 0.6 is 24.8 Å². The number of pyridine rings is 1. The number of hydrogen-bond donors (Lipinski definition) is 1. The highest BCUT2D eigenvalue weighted by Crippen LogP contribution is 2.30. The van der Waals surface area contributed by atoms with Crippen molar-refractivity contribution in [3.8, 4) is 0 Å². The highest BCUT2D eigenvalue weighted by molar-refractivity contribution is 5.85. The lowest BCUT2D eigenvalue weighted by Gasteiger charge is -2.05. The summed E-state index contributed by atoms with van der Waals surface area (Å²) >= 11 is 0. The van der Waals surface area contributed by atoms with E-state index < -0.39 is 0 Å². The Balaban J connectivity index is 0.000000810. The number of hydrogen-bond acceptors (Lipinski definition) is 2. The van der Waals surface area contributed by atoms with E-state index in [1.54, 1.807) is 0 Å². The summed E-state index contributed by atoms with van der Waals surface area (Å²) in [7, 11) is 0. The van der Waals surface area contributed by atoms with Gasteiger partial charge >= 0.3 is 0 Å². The lowest BCUT2D eigenvalue weighted by Crippen LogP contribution is -2.18. The van der Waals surface area contributed by atoms with Gasteiger partial charge in [0.1, 0.15) is 5.65 Å². The maximum absolute atomic E-state index is 5.94. The van der Waals surface area contributed by atoms with Gasteiger partial charge in [0.15, 0.2) is 0 Å². The minimum absolute atomic E-state index is 0. The van der Waals surface area contributed by atoms with Gasteiger partial charge in [0, 0.05) is 29.9 Å². The highest BCUT2D eigenvalue weighted by Gasteiger charge is 2.21. The quantitative estimate of drug-likeness (QED) is 0.923. The monoisotopic (exact) mass is 287 g/mol. The molecule has 3 rings (SSSR count). The fraction of sp³-hybridized carbons (Fsp3) is 0.462. The molecule has 0 bridgehead atoms. The molecular weight excluding hydrogens is 269 g/mol. The fourth-order valence-electron chi connectivity index (χ4n) is 2.77. The van der Waals surface area contributed by atoms with Crippen molar-refractivity contribution in [2.75, 3.05) is 0 Å². The summed E-state index contributed by atoms with van der Waals surface area (Å²) in [6.07, 6.45) is 5.26. The summed E-state index contributed by atoms with van der Waals surface area (Å²) in [6.45, 7) is 3.18. The molecule has 5 heteroatoms. The van der Waals surface area contributed by atoms with E-state index in [1.165, 1.54) is 29.5 Å². The first-order valence-corrected chi connectivity index (χ1v) is 5.98. The Kier molecular flexibility index (Phi) is 5.02. The third-order valence-electron chi connectivity index (χ3n) is 3.36. The number of aromatic nitrogens is 2. The Morgan fingerprint density at radius 1 is 1.44 bits per heavy atom. The van der Waals surface area contributed by atoms with Gasteiger partial charge in [-0.3, -0.25) is 0 Å². The molecule has 0 spiro atoms. The standard InChI is InChI=1S/C13H17N3.2ClH/c1-9(14)8-11-10-4-2-6-15-13(10)16-7-3-5-12(11)16;;/h2,4,6,9H,3,5,7-8,14H2,1H3;2*1H/t9-;;/m1../s1. The predicted molar refractivity (Wildman–Crippen MR) is 79.9 cm³/mol. The lowest BCUT2D eigenvalue weighted by molar-refractivity contribution is 0.732. The van der Waals surface area contributed by atoms with Crippen LogP contribution in [-0.2, 0) is 19.4 Å². The van der Waals surface area contributed by atoms with Gasteiger partial charge in [0.05, 0.1) is 0 Å². The molecule has 0 saturated heterocycles. The van der Waals surface area contributed by atoms with Gasteiger partial charge in [0.25, 0.3) is 0 Å². The number of rotatable bonds is 2. The van der Waals surface area contributed by atoms with Crippen LogP contribution < -0.4 is 5.73 Å². The highest BCUT2D eigenvalue weighted by atomic mass is 35.5. The van der Waals surface area contributed by atoms with Crippen molar-refractivity contribution in [3.05, 3.63) is 29.6 Å². The largest absolute Gasteiger partial charge is 0.329 e. The van der Waals surface area contributed by atoms with Gasteiger partial charge in [-0.2, -0.15) is 0 Å². The smallest absolute Gasteiger partial charge is 0.140 e. The first-order chi connectivity index (χ1) is 7.77. The van der Waals surface area contributed by atoms with Gasteiger partial charge in [0.2, 0.25) is 0 Å². The Morgan fingerprint density at radius 2 is 2.22 bits per heavy atom. The van der Waals surface area contributed by atoms with E-state index in [9.17, 15) is 0 Å². The fourth-order valence-corrected chi connectivity index (χ4v) is 2.77. The number of fused-ring (bicyclic) bond motifs is 3. The predicted octanol–water partition coefficient (Wildman–Crippen LogP) is 2.72. The summed E-state index contributed by atoms with van der Waals surface area (Å²) in [4.78, 5) is 4.50. The number of aryl methyl sites for hydroxylation is 1. The van der Waals surface area contributed by atoms with E-state index >= 15 is 0 Å². The molecule has 0 radical (unpaired) electrons. The summed E-state index contributed by atoms with van der Waals surface area (Å²) in [5, 5.41) is 1.30. The molecule has 2 aromatic heterocycles. The van der Waals surface area contributed by atoms with Gasteiger partial charge in [-0.1, -0.05) is 0 Å². The molecule has 3 nitrogen and oxygen atoms in total. The second kappa shape index (κ2) is 5.91. The van der Waals surface area contributed by atoms with Crippen LogP contribution in [0.2, 0.25) is 0 Å². The van der Waals surface area contributed by atoms with Crippen LogP contribution in [0.15, 0.2) is 18.3 Å². The van der Waals surface area contributed by atoms with Crippen molar-refractivity contribution >= 4 is 35.8 Å². The zero-order valence-corrected chi connectivity index (χ0v) is 12.1. The van der Waals surface area contributed by atoms with Gasteiger partial charge in [-0.05, 0) is 43.9 Å². The molecule has 0 saturated carbocycles. The third kappa shape index (κ3) is 2.35. The normalized spacial score (nSPS) is 14.8. The van der Waals surface area contributed by atoms with Crippen molar-refractivity contribution in [2.45, 2.75) is 38.8 Å². The van der Waals surface area contributed by atoms with Crippen LogP contribution in [0.1, 0.15) is 24.6 Å². The molecule has 1 aliphatic heterocycles. The first kappa shape index (κ1) is 15.3. The zero-order chi connectivity index (χ0) is 11.1. The van der Waals surface area contributed by atoms with E-state index in [4.69, 9.17) is 5.73 Å². The number of nitrogens with zero attached hydrogens (tertiary/aromatic N) is 2. The molecule has 18 heavy (non-hydrogen) atoms. The molecule has 3 heterocycles. The van der Waals surface area contributed by atoms with E-state index in [2.05, 4.69) is 22.5 Å². The number of halogens is 2. The second-order valence-corrected chi connectivity index (χ2v) is 4.74. The van der Waals surface area contributed by atoms with Crippen LogP contribution in [0.4, 0.5) is 0 Å². The SMILES string of the molecule is C[C@@H](N)Cc1c2n(c3ncccc13)CCC2.Cl.Cl. The maximum atomic E-state index is 5.94. The molecule has 0 aliphatic carbocycles. The van der Waals surface area contributed by atoms with Crippen LogP contribution in [0.3, 0.4) is 0 Å². The summed E-state index contributed by atoms with van der Waals surface area (Å²) in [5.74, 6) is 0. The van der Waals surface area contributed by atoms with E-state index in [0.29, 0.717) is 0 Å². The van der Waals surface area contributed by atoms with Gasteiger partial charge in [-0.25, -0.2) is 4.98 Å². The molecule has 0 unspecified atom stereocenters. The van der Waals surface area contributed by atoms with Crippen LogP contribution in [-0.4, -0.2) is 15.6 Å². The molecule has 2 aromatic rings. The summed E-state index contributed by atoms with van der Waals surface area (Å²) in [5.41, 5.74) is 9.97. The Morgan fingerprint density at radius 3 is 2.94 bits per heavy atom. The molecule has 100 valence electrons. The van der Waals surface area contributed by atoms with Crippen molar-refractivity contribution in [2.24, 2.45) is 5.73 Å². The number of nitrogens with two attached hydrogens (primary N) is 1. The molecule has 0 aromatic carbocycles. The van der Waals surface area contributed by atoms with Crippen molar-refractivity contribution < 1.29 is 0 Å². The Bertz CT molecular complexity index is 534. The maximum Gasteiger partial charge on any atom is 0.140 e. The molecule has 0 amide bonds. The van der Waals surface area contributed by atoms with Crippen LogP contribution in [0.25, 0.3) is 11.0 Å². The minimum atomic E-state index is 0. The lowest BCUT2D eigenvalue weighted by atomic mass is 10.0. The van der Waals surface area contributed by atoms with Crippen LogP contribution in [0, 0.1) is 0 Å². The molecular formula is C13H19Cl2N3. The first-order valence-electron chi connectivity index (χ1n) is 5.98. The van der Waals surface area contributed by atoms with Gasteiger partial charge in [-0.15, -0.1) is 24.8 Å². The minimum Gasteiger partial charge on any atom is -0.329 e. The van der Waals surface area contributed by atoms with Crippen molar-refractivity contribution in [3.63, 3.8) is 0 Å². The topological polar surface area (TPSA) is 43.8 Å². The van der Waals surface area contributed by atoms with Crippen molar-refractivity contribution in [1.82, 2.24) is 9.55 Å².